The minimum atomic E-state index is -0.400. The number of primary amides is 1. The van der Waals surface area contributed by atoms with Gasteiger partial charge in [-0.2, -0.15) is 5.10 Å². The van der Waals surface area contributed by atoms with Gasteiger partial charge in [0.2, 0.25) is 5.91 Å². The summed E-state index contributed by atoms with van der Waals surface area (Å²) in [5.41, 5.74) is 8.80. The number of benzene rings is 1. The number of rotatable bonds is 3. The number of nitrogens with two attached hydrogens (primary N) is 1. The molecule has 1 saturated heterocycles. The van der Waals surface area contributed by atoms with Crippen molar-refractivity contribution in [3.8, 4) is 11.3 Å². The highest BCUT2D eigenvalue weighted by atomic mass is 16.5. The maximum absolute atomic E-state index is 11.3. The first kappa shape index (κ1) is 13.8. The second-order valence-corrected chi connectivity index (χ2v) is 5.38. The second-order valence-electron chi connectivity index (χ2n) is 5.38. The maximum Gasteiger partial charge on any atom is 0.248 e. The SMILES string of the molecule is Cc1cc(-c2ccnn2C2CCCCO2)ccc1C(N)=O. The van der Waals surface area contributed by atoms with Crippen molar-refractivity contribution in [2.75, 3.05) is 6.61 Å². The predicted molar refractivity (Wildman–Crippen MR) is 79.8 cm³/mol. The van der Waals surface area contributed by atoms with Crippen molar-refractivity contribution >= 4 is 5.91 Å². The third kappa shape index (κ3) is 2.69. The molecule has 3 rings (SSSR count). The first-order chi connectivity index (χ1) is 10.2. The van der Waals surface area contributed by atoms with Crippen LogP contribution in [-0.2, 0) is 4.74 Å². The van der Waals surface area contributed by atoms with Gasteiger partial charge < -0.3 is 10.5 Å². The summed E-state index contributed by atoms with van der Waals surface area (Å²) >= 11 is 0. The third-order valence-electron chi connectivity index (χ3n) is 3.89. The summed E-state index contributed by atoms with van der Waals surface area (Å²) in [6, 6.07) is 7.61. The van der Waals surface area contributed by atoms with Crippen LogP contribution in [0.15, 0.2) is 30.5 Å². The molecule has 5 nitrogen and oxygen atoms in total. The zero-order valence-electron chi connectivity index (χ0n) is 12.1. The number of aromatic nitrogens is 2. The summed E-state index contributed by atoms with van der Waals surface area (Å²) in [6.45, 7) is 2.67. The Balaban J connectivity index is 1.96. The van der Waals surface area contributed by atoms with Crippen molar-refractivity contribution < 1.29 is 9.53 Å². The number of ether oxygens (including phenoxy) is 1. The van der Waals surface area contributed by atoms with E-state index in [1.807, 2.05) is 29.8 Å². The van der Waals surface area contributed by atoms with Gasteiger partial charge in [0.05, 0.1) is 5.69 Å². The van der Waals surface area contributed by atoms with Crippen LogP contribution in [-0.4, -0.2) is 22.3 Å². The van der Waals surface area contributed by atoms with Gasteiger partial charge in [-0.15, -0.1) is 0 Å². The summed E-state index contributed by atoms with van der Waals surface area (Å²) < 4.78 is 7.73. The minimum absolute atomic E-state index is 0.000118. The van der Waals surface area contributed by atoms with Crippen LogP contribution in [0.5, 0.6) is 0 Å². The van der Waals surface area contributed by atoms with Crippen LogP contribution in [0.3, 0.4) is 0 Å². The normalized spacial score (nSPS) is 18.6. The van der Waals surface area contributed by atoms with E-state index in [4.69, 9.17) is 10.5 Å². The highest BCUT2D eigenvalue weighted by molar-refractivity contribution is 5.94. The molecule has 1 atom stereocenters. The lowest BCUT2D eigenvalue weighted by molar-refractivity contribution is -0.0383. The van der Waals surface area contributed by atoms with Gasteiger partial charge in [-0.3, -0.25) is 4.79 Å². The molecular weight excluding hydrogens is 266 g/mol. The monoisotopic (exact) mass is 285 g/mol. The van der Waals surface area contributed by atoms with Crippen LogP contribution >= 0.6 is 0 Å². The van der Waals surface area contributed by atoms with Crippen LogP contribution in [0.1, 0.15) is 41.4 Å². The highest BCUT2D eigenvalue weighted by Gasteiger charge is 2.19. The molecule has 2 heterocycles. The molecule has 2 N–H and O–H groups in total. The Morgan fingerprint density at radius 1 is 1.38 bits per heavy atom. The van der Waals surface area contributed by atoms with E-state index in [-0.39, 0.29) is 6.23 Å². The molecule has 0 bridgehead atoms. The van der Waals surface area contributed by atoms with Gasteiger partial charge in [-0.1, -0.05) is 6.07 Å². The molecule has 2 aromatic rings. The molecule has 1 aromatic heterocycles. The van der Waals surface area contributed by atoms with E-state index < -0.39 is 5.91 Å². The first-order valence-electron chi connectivity index (χ1n) is 7.23. The number of hydrogen-bond acceptors (Lipinski definition) is 3. The molecule has 1 aliphatic rings. The lowest BCUT2D eigenvalue weighted by Crippen LogP contribution is -2.20. The molecule has 1 aliphatic heterocycles. The molecule has 1 aromatic carbocycles. The number of carbonyl (C=O) groups is 1. The molecule has 0 radical (unpaired) electrons. The summed E-state index contributed by atoms with van der Waals surface area (Å²) in [5, 5.41) is 4.40. The van der Waals surface area contributed by atoms with Crippen molar-refractivity contribution in [3.63, 3.8) is 0 Å². The van der Waals surface area contributed by atoms with Crippen LogP contribution in [0.2, 0.25) is 0 Å². The average Bonchev–Trinajstić information content (AvgIpc) is 2.97. The van der Waals surface area contributed by atoms with Crippen molar-refractivity contribution in [3.05, 3.63) is 41.6 Å². The van der Waals surface area contributed by atoms with Gasteiger partial charge >= 0.3 is 0 Å². The number of aryl methyl sites for hydroxylation is 1. The van der Waals surface area contributed by atoms with Crippen molar-refractivity contribution in [2.24, 2.45) is 5.73 Å². The average molecular weight is 285 g/mol. The van der Waals surface area contributed by atoms with Crippen LogP contribution < -0.4 is 5.73 Å². The predicted octanol–water partition coefficient (Wildman–Crippen LogP) is 2.66. The van der Waals surface area contributed by atoms with E-state index in [0.717, 1.165) is 42.7 Å². The Hall–Kier alpha value is -2.14. The molecule has 0 saturated carbocycles. The van der Waals surface area contributed by atoms with Crippen LogP contribution in [0.4, 0.5) is 0 Å². The van der Waals surface area contributed by atoms with Gasteiger partial charge in [0.25, 0.3) is 0 Å². The Labute approximate surface area is 123 Å². The zero-order valence-corrected chi connectivity index (χ0v) is 12.1. The Kier molecular flexibility index (Phi) is 3.75. The van der Waals surface area contributed by atoms with Crippen molar-refractivity contribution in [2.45, 2.75) is 32.4 Å². The number of hydrogen-bond donors (Lipinski definition) is 1. The fraction of sp³-hybridized carbons (Fsp3) is 0.375. The Morgan fingerprint density at radius 3 is 2.90 bits per heavy atom. The number of carbonyl (C=O) groups excluding carboxylic acids is 1. The Bertz CT molecular complexity index is 657. The third-order valence-corrected chi connectivity index (χ3v) is 3.89. The second kappa shape index (κ2) is 5.69. The summed E-state index contributed by atoms with van der Waals surface area (Å²) in [4.78, 5) is 11.3. The molecule has 0 spiro atoms. The summed E-state index contributed by atoms with van der Waals surface area (Å²) in [5.74, 6) is -0.400. The Morgan fingerprint density at radius 2 is 2.24 bits per heavy atom. The number of amides is 1. The van der Waals surface area contributed by atoms with Crippen molar-refractivity contribution in [1.82, 2.24) is 9.78 Å². The van der Waals surface area contributed by atoms with Gasteiger partial charge in [0.1, 0.15) is 0 Å². The summed E-state index contributed by atoms with van der Waals surface area (Å²) in [6.07, 6.45) is 5.03. The van der Waals surface area contributed by atoms with E-state index >= 15 is 0 Å². The first-order valence-corrected chi connectivity index (χ1v) is 7.23. The van der Waals surface area contributed by atoms with Crippen LogP contribution in [0.25, 0.3) is 11.3 Å². The van der Waals surface area contributed by atoms with Gasteiger partial charge in [-0.05, 0) is 49.9 Å². The van der Waals surface area contributed by atoms with Gasteiger partial charge in [0, 0.05) is 23.9 Å². The summed E-state index contributed by atoms with van der Waals surface area (Å²) in [7, 11) is 0. The van der Waals surface area contributed by atoms with E-state index in [9.17, 15) is 4.79 Å². The molecular formula is C16H19N3O2. The zero-order chi connectivity index (χ0) is 14.8. The number of nitrogens with zero attached hydrogens (tertiary/aromatic N) is 2. The molecule has 1 fully saturated rings. The van der Waals surface area contributed by atoms with Gasteiger partial charge in [0.15, 0.2) is 6.23 Å². The fourth-order valence-electron chi connectivity index (χ4n) is 2.79. The van der Waals surface area contributed by atoms with E-state index in [1.54, 1.807) is 12.3 Å². The quantitative estimate of drug-likeness (QED) is 0.942. The fourth-order valence-corrected chi connectivity index (χ4v) is 2.79. The smallest absolute Gasteiger partial charge is 0.248 e. The van der Waals surface area contributed by atoms with E-state index in [2.05, 4.69) is 5.10 Å². The molecule has 1 unspecified atom stereocenters. The molecule has 5 heteroatoms. The van der Waals surface area contributed by atoms with E-state index in [1.165, 1.54) is 0 Å². The highest BCUT2D eigenvalue weighted by Crippen LogP contribution is 2.29. The standard InChI is InChI=1S/C16H19N3O2/c1-11-10-12(5-6-13(11)16(17)20)14-7-8-18-19(14)15-4-2-3-9-21-15/h5-8,10,15H,2-4,9H2,1H3,(H2,17,20). The lowest BCUT2D eigenvalue weighted by atomic mass is 10.0. The molecule has 0 aliphatic carbocycles. The van der Waals surface area contributed by atoms with Crippen LogP contribution in [0, 0.1) is 6.92 Å². The molecule has 110 valence electrons. The minimum Gasteiger partial charge on any atom is -0.366 e. The van der Waals surface area contributed by atoms with Gasteiger partial charge in [-0.25, -0.2) is 4.68 Å². The van der Waals surface area contributed by atoms with Crippen molar-refractivity contribution in [1.29, 1.82) is 0 Å². The lowest BCUT2D eigenvalue weighted by Gasteiger charge is -2.24. The molecule has 21 heavy (non-hydrogen) atoms. The largest absolute Gasteiger partial charge is 0.366 e. The topological polar surface area (TPSA) is 70.1 Å². The van der Waals surface area contributed by atoms with E-state index in [0.29, 0.717) is 5.56 Å². The molecule has 1 amide bonds. The maximum atomic E-state index is 11.3.